The molecule has 3 rings (SSSR count). The maximum atomic E-state index is 12.8. The summed E-state index contributed by atoms with van der Waals surface area (Å²) in [7, 11) is 0. The summed E-state index contributed by atoms with van der Waals surface area (Å²) in [6, 6.07) is -1.16. The van der Waals surface area contributed by atoms with Gasteiger partial charge in [0.15, 0.2) is 5.79 Å². The minimum atomic E-state index is -5.05. The molecule has 1 saturated carbocycles. The number of fused-ring (bicyclic) bond motifs is 1. The first kappa shape index (κ1) is 15.5. The average Bonchev–Trinajstić information content (AvgIpc) is 3.00. The summed E-state index contributed by atoms with van der Waals surface area (Å²) in [4.78, 5) is 23.8. The van der Waals surface area contributed by atoms with Crippen molar-refractivity contribution in [2.24, 2.45) is 5.41 Å². The summed E-state index contributed by atoms with van der Waals surface area (Å²) in [6.07, 6.45) is -6.22. The zero-order valence-corrected chi connectivity index (χ0v) is 12.0. The minimum Gasteiger partial charge on any atom is -0.481 e. The highest BCUT2D eigenvalue weighted by Crippen LogP contribution is 2.56. The number of hydrogen-bond donors (Lipinski definition) is 1. The van der Waals surface area contributed by atoms with Gasteiger partial charge in [-0.1, -0.05) is 0 Å². The molecule has 0 unspecified atom stereocenters. The molecular weight excluding hydrogens is 307 g/mol. The number of amides is 1. The third-order valence-electron chi connectivity index (χ3n) is 4.53. The lowest BCUT2D eigenvalue weighted by molar-refractivity contribution is -0.199. The van der Waals surface area contributed by atoms with Crippen LogP contribution in [0.5, 0.6) is 0 Å². The first-order chi connectivity index (χ1) is 9.98. The van der Waals surface area contributed by atoms with Crippen LogP contribution in [0.2, 0.25) is 0 Å². The van der Waals surface area contributed by atoms with Gasteiger partial charge in [-0.05, 0) is 26.7 Å². The number of carbonyl (C=O) groups excluding carboxylic acids is 1. The van der Waals surface area contributed by atoms with E-state index < -0.39 is 47.5 Å². The fourth-order valence-corrected chi connectivity index (χ4v) is 3.51. The maximum absolute atomic E-state index is 12.8. The first-order valence-corrected chi connectivity index (χ1v) is 6.95. The van der Waals surface area contributed by atoms with Gasteiger partial charge in [-0.2, -0.15) is 13.2 Å². The number of aliphatic carboxylic acids is 1. The molecule has 2 saturated heterocycles. The number of halogens is 3. The number of ether oxygens (including phenoxy) is 2. The van der Waals surface area contributed by atoms with Gasteiger partial charge in [-0.25, -0.2) is 0 Å². The smallest absolute Gasteiger partial charge is 0.471 e. The molecule has 0 aromatic heterocycles. The third-order valence-corrected chi connectivity index (χ3v) is 4.53. The minimum absolute atomic E-state index is 0.224. The Bertz CT molecular complexity index is 528. The van der Waals surface area contributed by atoms with E-state index in [2.05, 4.69) is 0 Å². The van der Waals surface area contributed by atoms with Crippen LogP contribution < -0.4 is 0 Å². The van der Waals surface area contributed by atoms with Crippen molar-refractivity contribution in [3.8, 4) is 0 Å². The topological polar surface area (TPSA) is 76.1 Å². The van der Waals surface area contributed by atoms with Crippen molar-refractivity contribution in [2.45, 2.75) is 56.9 Å². The van der Waals surface area contributed by atoms with Gasteiger partial charge in [0.2, 0.25) is 0 Å². The maximum Gasteiger partial charge on any atom is 0.471 e. The van der Waals surface area contributed by atoms with Crippen LogP contribution in [-0.4, -0.2) is 58.6 Å². The second kappa shape index (κ2) is 4.35. The van der Waals surface area contributed by atoms with Gasteiger partial charge in [-0.3, -0.25) is 9.59 Å². The highest BCUT2D eigenvalue weighted by molar-refractivity contribution is 5.85. The number of carboxylic acids is 1. The summed E-state index contributed by atoms with van der Waals surface area (Å²) < 4.78 is 49.5. The van der Waals surface area contributed by atoms with Crippen molar-refractivity contribution in [3.05, 3.63) is 0 Å². The molecule has 2 heterocycles. The number of carbonyl (C=O) groups is 2. The number of hydrogen-bond acceptors (Lipinski definition) is 4. The van der Waals surface area contributed by atoms with Gasteiger partial charge in [0.25, 0.3) is 0 Å². The Morgan fingerprint density at radius 2 is 1.82 bits per heavy atom. The van der Waals surface area contributed by atoms with Crippen molar-refractivity contribution in [1.82, 2.24) is 4.90 Å². The number of rotatable bonds is 2. The van der Waals surface area contributed by atoms with Gasteiger partial charge < -0.3 is 19.5 Å². The van der Waals surface area contributed by atoms with E-state index in [0.717, 1.165) is 0 Å². The number of nitrogens with zero attached hydrogens (tertiary/aromatic N) is 1. The van der Waals surface area contributed by atoms with Crippen LogP contribution >= 0.6 is 0 Å². The average molecular weight is 323 g/mol. The molecule has 0 aromatic rings. The SMILES string of the molecule is CC1(C)O[C@@H]2[C@@H](CN(C(=O)C(F)(F)F)[C@H]2C2(C(=O)O)CC2)O1. The van der Waals surface area contributed by atoms with Crippen molar-refractivity contribution in [3.63, 3.8) is 0 Å². The highest BCUT2D eigenvalue weighted by Gasteiger charge is 2.69. The van der Waals surface area contributed by atoms with Crippen LogP contribution in [0.25, 0.3) is 0 Å². The molecule has 3 aliphatic rings. The number of likely N-dealkylation sites (tertiary alicyclic amines) is 1. The van der Waals surface area contributed by atoms with E-state index >= 15 is 0 Å². The Kier molecular flexibility index (Phi) is 3.07. The predicted octanol–water partition coefficient (Wildman–Crippen LogP) is 1.14. The molecule has 22 heavy (non-hydrogen) atoms. The summed E-state index contributed by atoms with van der Waals surface area (Å²) in [5.74, 6) is -4.24. The largest absolute Gasteiger partial charge is 0.481 e. The van der Waals surface area contributed by atoms with Crippen molar-refractivity contribution in [2.75, 3.05) is 6.54 Å². The lowest BCUT2D eigenvalue weighted by atomic mass is 9.91. The number of alkyl halides is 3. The lowest BCUT2D eigenvalue weighted by Gasteiger charge is -2.33. The zero-order valence-electron chi connectivity index (χ0n) is 12.0. The molecule has 0 radical (unpaired) electrons. The van der Waals surface area contributed by atoms with Crippen LogP contribution in [-0.2, 0) is 19.1 Å². The molecule has 1 aliphatic carbocycles. The monoisotopic (exact) mass is 323 g/mol. The van der Waals surface area contributed by atoms with Crippen LogP contribution in [0.15, 0.2) is 0 Å². The van der Waals surface area contributed by atoms with Crippen LogP contribution in [0.3, 0.4) is 0 Å². The van der Waals surface area contributed by atoms with Gasteiger partial charge in [-0.15, -0.1) is 0 Å². The van der Waals surface area contributed by atoms with E-state index in [1.807, 2.05) is 0 Å². The molecule has 124 valence electrons. The molecular formula is C13H16F3NO5. The molecule has 6 nitrogen and oxygen atoms in total. The predicted molar refractivity (Wildman–Crippen MR) is 64.7 cm³/mol. The third kappa shape index (κ3) is 2.18. The van der Waals surface area contributed by atoms with Gasteiger partial charge in [0, 0.05) is 0 Å². The second-order valence-electron chi connectivity index (χ2n) is 6.50. The molecule has 9 heteroatoms. The van der Waals surface area contributed by atoms with Gasteiger partial charge in [0.05, 0.1) is 18.0 Å². The summed E-state index contributed by atoms with van der Waals surface area (Å²) in [5, 5.41) is 9.40. The summed E-state index contributed by atoms with van der Waals surface area (Å²) >= 11 is 0. The molecule has 3 atom stereocenters. The van der Waals surface area contributed by atoms with E-state index in [1.165, 1.54) is 0 Å². The van der Waals surface area contributed by atoms with Crippen molar-refractivity contribution < 1.29 is 37.3 Å². The summed E-state index contributed by atoms with van der Waals surface area (Å²) in [5.41, 5.74) is -1.37. The van der Waals surface area contributed by atoms with E-state index in [0.29, 0.717) is 4.90 Å². The Balaban J connectivity index is 1.95. The second-order valence-corrected chi connectivity index (χ2v) is 6.50. The fourth-order valence-electron chi connectivity index (χ4n) is 3.51. The van der Waals surface area contributed by atoms with E-state index in [4.69, 9.17) is 9.47 Å². The Labute approximate surface area is 124 Å². The quantitative estimate of drug-likeness (QED) is 0.825. The summed E-state index contributed by atoms with van der Waals surface area (Å²) in [6.45, 7) is 2.91. The molecule has 0 spiro atoms. The molecule has 0 bridgehead atoms. The normalized spacial score (nSPS) is 35.3. The van der Waals surface area contributed by atoms with Crippen molar-refractivity contribution >= 4 is 11.9 Å². The van der Waals surface area contributed by atoms with E-state index in [9.17, 15) is 27.9 Å². The first-order valence-electron chi connectivity index (χ1n) is 6.95. The number of carboxylic acid groups (broad SMARTS) is 1. The van der Waals surface area contributed by atoms with Crippen LogP contribution in [0.1, 0.15) is 26.7 Å². The highest BCUT2D eigenvalue weighted by atomic mass is 19.4. The molecule has 0 aromatic carbocycles. The lowest BCUT2D eigenvalue weighted by Crippen LogP contribution is -2.53. The van der Waals surface area contributed by atoms with Crippen molar-refractivity contribution in [1.29, 1.82) is 0 Å². The van der Waals surface area contributed by atoms with Gasteiger partial charge >= 0.3 is 18.1 Å². The zero-order chi connectivity index (χ0) is 16.5. The van der Waals surface area contributed by atoms with Crippen LogP contribution in [0.4, 0.5) is 13.2 Å². The van der Waals surface area contributed by atoms with E-state index in [1.54, 1.807) is 13.8 Å². The fraction of sp³-hybridized carbons (Fsp3) is 0.846. The Morgan fingerprint density at radius 3 is 2.27 bits per heavy atom. The molecule has 1 amide bonds. The van der Waals surface area contributed by atoms with Crippen LogP contribution in [0, 0.1) is 5.41 Å². The van der Waals surface area contributed by atoms with E-state index in [-0.39, 0.29) is 19.4 Å². The Hall–Kier alpha value is -1.35. The standard InChI is InChI=1S/C13H16F3NO5/c1-11(2)21-6-5-17(9(18)13(14,15)16)8(7(6)22-11)12(3-4-12)10(19)20/h6-8H,3-5H2,1-2H3,(H,19,20)/t6-,7-,8-/m1/s1. The Morgan fingerprint density at radius 1 is 1.23 bits per heavy atom. The molecule has 3 fully saturated rings. The molecule has 2 aliphatic heterocycles. The molecule has 1 N–H and O–H groups in total. The van der Waals surface area contributed by atoms with Gasteiger partial charge in [0.1, 0.15) is 12.2 Å².